The summed E-state index contributed by atoms with van der Waals surface area (Å²) in [7, 11) is 0. The molecule has 3 fully saturated rings. The number of aromatic nitrogens is 4. The maximum absolute atomic E-state index is 13.7. The third-order valence-electron chi connectivity index (χ3n) is 8.89. The number of Topliss-reactive ketones (excluding diaryl/α,β-unsaturated/α-hetero) is 1. The topological polar surface area (TPSA) is 113 Å². The van der Waals surface area contributed by atoms with Crippen LogP contribution in [0.1, 0.15) is 54.2 Å². The number of benzene rings is 2. The fraction of sp³-hybridized carbons (Fsp3) is 0.355. The first-order valence-electron chi connectivity index (χ1n) is 13.5. The lowest BCUT2D eigenvalue weighted by molar-refractivity contribution is -0.128. The number of nitrogens with one attached hydrogen (secondary N) is 1. The third kappa shape index (κ3) is 3.82. The van der Waals surface area contributed by atoms with Gasteiger partial charge in [0, 0.05) is 17.5 Å². The Morgan fingerprint density at radius 2 is 1.95 bits per heavy atom. The van der Waals surface area contributed by atoms with Crippen molar-refractivity contribution in [1.82, 2.24) is 19.5 Å². The number of halogens is 1. The van der Waals surface area contributed by atoms with E-state index in [1.54, 1.807) is 30.0 Å². The number of imidazole rings is 1. The number of ketones is 1. The number of rotatable bonds is 5. The molecule has 0 spiro atoms. The fourth-order valence-corrected chi connectivity index (χ4v) is 6.51. The van der Waals surface area contributed by atoms with Crippen LogP contribution in [0.3, 0.4) is 0 Å². The van der Waals surface area contributed by atoms with Crippen molar-refractivity contribution in [3.8, 4) is 11.8 Å². The largest absolute Gasteiger partial charge is 0.389 e. The van der Waals surface area contributed by atoms with Gasteiger partial charge in [-0.05, 0) is 67.9 Å². The molecule has 7 atom stereocenters. The minimum atomic E-state index is -1.14. The van der Waals surface area contributed by atoms with Gasteiger partial charge in [0.05, 0.1) is 23.9 Å². The standard InChI is InChI=1S/C31H28FN5O3/c1-16-12-18(8-10-22(16)32)9-11-24-35-29(34-23-13-20(23)19-6-4-3-5-7-19)25-30(36-24)37(15-33-25)26-21-14-31(21,17(2)38)28(40)27(26)39/h3-8,10,12,15,20-21,23,26-28,39-40H,13-14H2,1-2H3,(H,34,35,36)/t20-,21?,23?,26+,27-,28?,31-/m0/s1. The van der Waals surface area contributed by atoms with Gasteiger partial charge in [0.1, 0.15) is 17.7 Å². The predicted octanol–water partition coefficient (Wildman–Crippen LogP) is 3.51. The van der Waals surface area contributed by atoms with E-state index in [-0.39, 0.29) is 29.4 Å². The van der Waals surface area contributed by atoms with Crippen molar-refractivity contribution in [2.45, 2.75) is 56.9 Å². The summed E-state index contributed by atoms with van der Waals surface area (Å²) < 4.78 is 15.5. The molecule has 2 aromatic heterocycles. The molecule has 40 heavy (non-hydrogen) atoms. The number of hydrogen-bond donors (Lipinski definition) is 3. The van der Waals surface area contributed by atoms with Crippen molar-refractivity contribution in [3.05, 3.63) is 83.2 Å². The van der Waals surface area contributed by atoms with E-state index in [4.69, 9.17) is 9.97 Å². The third-order valence-corrected chi connectivity index (χ3v) is 8.89. The van der Waals surface area contributed by atoms with E-state index >= 15 is 0 Å². The highest BCUT2D eigenvalue weighted by molar-refractivity contribution is 5.88. The Balaban J connectivity index is 1.28. The van der Waals surface area contributed by atoms with E-state index in [1.165, 1.54) is 18.6 Å². The molecule has 3 N–H and O–H groups in total. The first-order valence-corrected chi connectivity index (χ1v) is 13.5. The second-order valence-corrected chi connectivity index (χ2v) is 11.3. The molecule has 0 amide bonds. The van der Waals surface area contributed by atoms with Crippen molar-refractivity contribution >= 4 is 22.8 Å². The molecule has 9 heteroatoms. The van der Waals surface area contributed by atoms with E-state index in [9.17, 15) is 19.4 Å². The number of hydrogen-bond acceptors (Lipinski definition) is 7. The smallest absolute Gasteiger partial charge is 0.209 e. The van der Waals surface area contributed by atoms with Crippen molar-refractivity contribution in [1.29, 1.82) is 0 Å². The molecule has 4 aromatic rings. The summed E-state index contributed by atoms with van der Waals surface area (Å²) in [6.07, 6.45) is 0.785. The maximum Gasteiger partial charge on any atom is 0.209 e. The average Bonchev–Trinajstić information content (AvgIpc) is 3.83. The van der Waals surface area contributed by atoms with Crippen molar-refractivity contribution < 1.29 is 19.4 Å². The van der Waals surface area contributed by atoms with Crippen LogP contribution in [0, 0.1) is 35.9 Å². The number of aliphatic hydroxyl groups is 2. The molecule has 8 nitrogen and oxygen atoms in total. The molecular weight excluding hydrogens is 509 g/mol. The lowest BCUT2D eigenvalue weighted by Gasteiger charge is -2.23. The lowest BCUT2D eigenvalue weighted by Crippen LogP contribution is -2.36. The Labute approximate surface area is 230 Å². The van der Waals surface area contributed by atoms with Crippen molar-refractivity contribution in [3.63, 3.8) is 0 Å². The molecule has 2 heterocycles. The maximum atomic E-state index is 13.7. The summed E-state index contributed by atoms with van der Waals surface area (Å²) in [5.74, 6) is 6.55. The van der Waals surface area contributed by atoms with Crippen LogP contribution >= 0.6 is 0 Å². The molecule has 3 aliphatic rings. The summed E-state index contributed by atoms with van der Waals surface area (Å²) in [4.78, 5) is 26.4. The molecule has 3 saturated carbocycles. The van der Waals surface area contributed by atoms with Crippen molar-refractivity contribution in [2.75, 3.05) is 5.32 Å². The number of anilines is 1. The van der Waals surface area contributed by atoms with Gasteiger partial charge in [-0.2, -0.15) is 0 Å². The highest BCUT2D eigenvalue weighted by atomic mass is 19.1. The normalized spacial score (nSPS) is 29.9. The number of aryl methyl sites for hydroxylation is 1. The highest BCUT2D eigenvalue weighted by Gasteiger charge is 2.74. The second kappa shape index (κ2) is 8.95. The second-order valence-electron chi connectivity index (χ2n) is 11.3. The van der Waals surface area contributed by atoms with Crippen LogP contribution in [0.4, 0.5) is 10.2 Å². The number of aliphatic hydroxyl groups excluding tert-OH is 2. The fourth-order valence-electron chi connectivity index (χ4n) is 6.51. The zero-order valence-electron chi connectivity index (χ0n) is 22.0. The van der Waals surface area contributed by atoms with Gasteiger partial charge in [-0.3, -0.25) is 4.79 Å². The van der Waals surface area contributed by atoms with Crippen LogP contribution in [0.2, 0.25) is 0 Å². The van der Waals surface area contributed by atoms with Crippen molar-refractivity contribution in [2.24, 2.45) is 11.3 Å². The van der Waals surface area contributed by atoms with E-state index in [2.05, 4.69) is 34.3 Å². The molecule has 0 saturated heterocycles. The number of carbonyl (C=O) groups is 1. The van der Waals surface area contributed by atoms with Gasteiger partial charge in [-0.1, -0.05) is 36.3 Å². The van der Waals surface area contributed by atoms with Crippen LogP contribution in [0.15, 0.2) is 54.9 Å². The van der Waals surface area contributed by atoms with Crippen LogP contribution in [-0.4, -0.2) is 53.8 Å². The summed E-state index contributed by atoms with van der Waals surface area (Å²) in [6.45, 7) is 3.15. The summed E-state index contributed by atoms with van der Waals surface area (Å²) in [6, 6.07) is 14.6. The molecule has 7 rings (SSSR count). The zero-order valence-corrected chi connectivity index (χ0v) is 22.0. The average molecular weight is 538 g/mol. The van der Waals surface area contributed by atoms with E-state index < -0.39 is 23.7 Å². The summed E-state index contributed by atoms with van der Waals surface area (Å²) in [5, 5.41) is 25.3. The number of nitrogens with zero attached hydrogens (tertiary/aromatic N) is 4. The first-order chi connectivity index (χ1) is 19.3. The van der Waals surface area contributed by atoms with Gasteiger partial charge in [-0.25, -0.2) is 19.3 Å². The Morgan fingerprint density at radius 1 is 1.15 bits per heavy atom. The van der Waals surface area contributed by atoms with Gasteiger partial charge in [0.15, 0.2) is 17.0 Å². The zero-order chi connectivity index (χ0) is 27.8. The van der Waals surface area contributed by atoms with Gasteiger partial charge >= 0.3 is 0 Å². The minimum absolute atomic E-state index is 0.116. The van der Waals surface area contributed by atoms with E-state index in [1.807, 2.05) is 18.2 Å². The quantitative estimate of drug-likeness (QED) is 0.334. The van der Waals surface area contributed by atoms with Gasteiger partial charge < -0.3 is 20.1 Å². The molecule has 0 radical (unpaired) electrons. The molecule has 0 bridgehead atoms. The van der Waals surface area contributed by atoms with E-state index in [0.717, 1.165) is 6.42 Å². The number of carbonyl (C=O) groups excluding carboxylic acids is 1. The molecule has 2 aromatic carbocycles. The molecule has 0 aliphatic heterocycles. The molecular formula is C31H28FN5O3. The summed E-state index contributed by atoms with van der Waals surface area (Å²) >= 11 is 0. The Kier molecular flexibility index (Phi) is 5.56. The lowest BCUT2D eigenvalue weighted by atomic mass is 9.95. The van der Waals surface area contributed by atoms with Crippen LogP contribution in [0.5, 0.6) is 0 Å². The first kappa shape index (κ1) is 24.9. The van der Waals surface area contributed by atoms with Crippen LogP contribution in [-0.2, 0) is 4.79 Å². The SMILES string of the molecule is CC(=O)[C@@]12CC1[C@@H](n1cnc3c(NC4C[C@H]4c4ccccc4)nc(C#Cc4ccc(F)c(C)c4)nc31)[C@H](O)C2O. The minimum Gasteiger partial charge on any atom is -0.389 e. The Bertz CT molecular complexity index is 1730. The summed E-state index contributed by atoms with van der Waals surface area (Å²) in [5.41, 5.74) is 2.46. The van der Waals surface area contributed by atoms with Crippen LogP contribution < -0.4 is 5.32 Å². The monoisotopic (exact) mass is 537 g/mol. The van der Waals surface area contributed by atoms with Gasteiger partial charge in [-0.15, -0.1) is 0 Å². The number of fused-ring (bicyclic) bond motifs is 2. The molecule has 202 valence electrons. The van der Waals surface area contributed by atoms with E-state index in [0.29, 0.717) is 40.4 Å². The van der Waals surface area contributed by atoms with Crippen LogP contribution in [0.25, 0.3) is 11.2 Å². The van der Waals surface area contributed by atoms with Gasteiger partial charge in [0.2, 0.25) is 5.82 Å². The Hall–Kier alpha value is -4.13. The Morgan fingerprint density at radius 3 is 2.67 bits per heavy atom. The predicted molar refractivity (Wildman–Crippen MR) is 146 cm³/mol. The molecule has 3 unspecified atom stereocenters. The van der Waals surface area contributed by atoms with Gasteiger partial charge in [0.25, 0.3) is 0 Å². The molecule has 3 aliphatic carbocycles. The highest BCUT2D eigenvalue weighted by Crippen LogP contribution is 2.68.